The fourth-order valence-electron chi connectivity index (χ4n) is 3.84. The summed E-state index contributed by atoms with van der Waals surface area (Å²) in [6.45, 7) is 2.46. The molecule has 2 heterocycles. The number of β-lactam (4-membered cyclic amide) rings is 1. The van der Waals surface area contributed by atoms with Gasteiger partial charge in [-0.15, -0.1) is 0 Å². The van der Waals surface area contributed by atoms with E-state index in [-0.39, 0.29) is 23.6 Å². The Labute approximate surface area is 102 Å². The Kier molecular flexibility index (Phi) is 2.67. The highest BCUT2D eigenvalue weighted by Crippen LogP contribution is 2.47. The molecule has 2 aliphatic heterocycles. The Hall–Kier alpha value is -0.610. The molecular formula is C13H21NO3. The first-order valence-electron chi connectivity index (χ1n) is 6.81. The Balaban J connectivity index is 1.82. The molecule has 1 N–H and O–H groups in total. The van der Waals surface area contributed by atoms with Crippen molar-refractivity contribution in [2.45, 2.75) is 63.3 Å². The van der Waals surface area contributed by atoms with E-state index in [1.54, 1.807) is 6.92 Å². The standard InChI is InChI=1S/C13H21NO3/c1-9(15)11-10-5-8-17-13(14(10)12(11)16)6-3-2-4-7-13/h9-11,15H,2-8H2,1H3/t9-,10+,11-/m0/s1. The number of amides is 1. The van der Waals surface area contributed by atoms with E-state index in [2.05, 4.69) is 0 Å². The number of hydrogen-bond donors (Lipinski definition) is 1. The third kappa shape index (κ3) is 1.54. The van der Waals surface area contributed by atoms with Crippen LogP contribution < -0.4 is 0 Å². The van der Waals surface area contributed by atoms with Crippen LogP contribution in [0.25, 0.3) is 0 Å². The van der Waals surface area contributed by atoms with Crippen LogP contribution >= 0.6 is 0 Å². The maximum Gasteiger partial charge on any atom is 0.232 e. The van der Waals surface area contributed by atoms with E-state index in [4.69, 9.17) is 4.74 Å². The lowest BCUT2D eigenvalue weighted by atomic mass is 9.75. The van der Waals surface area contributed by atoms with Crippen LogP contribution in [-0.2, 0) is 9.53 Å². The van der Waals surface area contributed by atoms with Crippen LogP contribution in [0, 0.1) is 5.92 Å². The van der Waals surface area contributed by atoms with Crippen molar-refractivity contribution in [3.8, 4) is 0 Å². The van der Waals surface area contributed by atoms with E-state index < -0.39 is 6.10 Å². The molecule has 0 aromatic carbocycles. The number of hydrogen-bond acceptors (Lipinski definition) is 3. The topological polar surface area (TPSA) is 49.8 Å². The molecule has 0 unspecified atom stereocenters. The second kappa shape index (κ2) is 3.95. The molecule has 0 radical (unpaired) electrons. The van der Waals surface area contributed by atoms with Gasteiger partial charge in [0.05, 0.1) is 24.7 Å². The van der Waals surface area contributed by atoms with Crippen LogP contribution in [0.15, 0.2) is 0 Å². The molecule has 3 atom stereocenters. The summed E-state index contributed by atoms with van der Waals surface area (Å²) in [5.41, 5.74) is -0.316. The van der Waals surface area contributed by atoms with Crippen LogP contribution in [0.5, 0.6) is 0 Å². The molecule has 1 saturated carbocycles. The second-order valence-corrected chi connectivity index (χ2v) is 5.69. The molecule has 4 nitrogen and oxygen atoms in total. The Morgan fingerprint density at radius 3 is 2.76 bits per heavy atom. The minimum absolute atomic E-state index is 0.103. The van der Waals surface area contributed by atoms with Crippen molar-refractivity contribution in [2.24, 2.45) is 5.92 Å². The van der Waals surface area contributed by atoms with Crippen LogP contribution in [0.2, 0.25) is 0 Å². The van der Waals surface area contributed by atoms with Gasteiger partial charge in [-0.25, -0.2) is 0 Å². The summed E-state index contributed by atoms with van der Waals surface area (Å²) in [5, 5.41) is 9.68. The van der Waals surface area contributed by atoms with Crippen molar-refractivity contribution >= 4 is 5.91 Å². The minimum atomic E-state index is -0.525. The number of carbonyl (C=O) groups is 1. The first-order valence-corrected chi connectivity index (χ1v) is 6.81. The number of aliphatic hydroxyl groups excluding tert-OH is 1. The quantitative estimate of drug-likeness (QED) is 0.701. The summed E-state index contributed by atoms with van der Waals surface area (Å²) in [6, 6.07) is 0.217. The van der Waals surface area contributed by atoms with Crippen molar-refractivity contribution in [1.82, 2.24) is 4.90 Å². The normalized spacial score (nSPS) is 37.5. The van der Waals surface area contributed by atoms with Gasteiger partial charge in [-0.3, -0.25) is 4.79 Å². The molecule has 1 amide bonds. The number of fused-ring (bicyclic) bond motifs is 2. The zero-order chi connectivity index (χ0) is 12.0. The third-order valence-corrected chi connectivity index (χ3v) is 4.65. The van der Waals surface area contributed by atoms with Crippen molar-refractivity contribution in [3.63, 3.8) is 0 Å². The molecule has 3 rings (SSSR count). The first kappa shape index (κ1) is 11.5. The highest BCUT2D eigenvalue weighted by Gasteiger charge is 2.60. The lowest BCUT2D eigenvalue weighted by Gasteiger charge is -2.61. The molecule has 4 heteroatoms. The van der Waals surface area contributed by atoms with E-state index in [1.807, 2.05) is 4.90 Å². The number of nitrogens with zero attached hydrogens (tertiary/aromatic N) is 1. The molecule has 17 heavy (non-hydrogen) atoms. The van der Waals surface area contributed by atoms with Gasteiger partial charge in [-0.05, 0) is 39.0 Å². The van der Waals surface area contributed by atoms with Crippen LogP contribution in [0.1, 0.15) is 45.4 Å². The molecule has 3 aliphatic rings. The molecule has 0 aromatic heterocycles. The summed E-state index contributed by atoms with van der Waals surface area (Å²) in [7, 11) is 0. The average Bonchev–Trinajstić information content (AvgIpc) is 2.28. The minimum Gasteiger partial charge on any atom is -0.393 e. The highest BCUT2D eigenvalue weighted by atomic mass is 16.5. The maximum absolute atomic E-state index is 12.2. The first-order chi connectivity index (χ1) is 8.16. The van der Waals surface area contributed by atoms with E-state index in [9.17, 15) is 9.90 Å². The number of rotatable bonds is 1. The predicted octanol–water partition coefficient (Wildman–Crippen LogP) is 1.27. The van der Waals surface area contributed by atoms with Crippen molar-refractivity contribution in [1.29, 1.82) is 0 Å². The maximum atomic E-state index is 12.2. The lowest BCUT2D eigenvalue weighted by Crippen LogP contribution is -2.75. The average molecular weight is 239 g/mol. The second-order valence-electron chi connectivity index (χ2n) is 5.69. The summed E-state index contributed by atoms with van der Waals surface area (Å²) in [6.07, 6.45) is 5.85. The summed E-state index contributed by atoms with van der Waals surface area (Å²) in [5.74, 6) is -0.0794. The predicted molar refractivity (Wildman–Crippen MR) is 62.2 cm³/mol. The fourth-order valence-corrected chi connectivity index (χ4v) is 3.84. The van der Waals surface area contributed by atoms with E-state index in [0.717, 1.165) is 38.7 Å². The van der Waals surface area contributed by atoms with Crippen molar-refractivity contribution in [2.75, 3.05) is 6.61 Å². The highest BCUT2D eigenvalue weighted by molar-refractivity contribution is 5.87. The van der Waals surface area contributed by atoms with Gasteiger partial charge in [0.2, 0.25) is 5.91 Å². The molecule has 96 valence electrons. The smallest absolute Gasteiger partial charge is 0.232 e. The lowest BCUT2D eigenvalue weighted by molar-refractivity contribution is -0.261. The van der Waals surface area contributed by atoms with E-state index >= 15 is 0 Å². The largest absolute Gasteiger partial charge is 0.393 e. The van der Waals surface area contributed by atoms with Gasteiger partial charge in [0.1, 0.15) is 5.72 Å². The molecule has 3 fully saturated rings. The van der Waals surface area contributed by atoms with Gasteiger partial charge in [0.15, 0.2) is 0 Å². The molecule has 2 saturated heterocycles. The van der Waals surface area contributed by atoms with Gasteiger partial charge >= 0.3 is 0 Å². The zero-order valence-corrected chi connectivity index (χ0v) is 10.4. The van der Waals surface area contributed by atoms with Crippen molar-refractivity contribution in [3.05, 3.63) is 0 Å². The van der Waals surface area contributed by atoms with Gasteiger partial charge < -0.3 is 14.7 Å². The Bertz CT molecular complexity index is 317. The van der Waals surface area contributed by atoms with E-state index in [1.165, 1.54) is 6.42 Å². The molecule has 0 aromatic rings. The number of aliphatic hydroxyl groups is 1. The summed E-state index contributed by atoms with van der Waals surface area (Å²) >= 11 is 0. The van der Waals surface area contributed by atoms with Crippen LogP contribution in [-0.4, -0.2) is 40.4 Å². The van der Waals surface area contributed by atoms with Crippen LogP contribution in [0.3, 0.4) is 0 Å². The molecular weight excluding hydrogens is 218 g/mol. The number of ether oxygens (including phenoxy) is 1. The Morgan fingerprint density at radius 2 is 2.12 bits per heavy atom. The van der Waals surface area contributed by atoms with Gasteiger partial charge in [0, 0.05) is 0 Å². The summed E-state index contributed by atoms with van der Waals surface area (Å²) < 4.78 is 5.96. The Morgan fingerprint density at radius 1 is 1.41 bits per heavy atom. The van der Waals surface area contributed by atoms with Gasteiger partial charge in [-0.2, -0.15) is 0 Å². The van der Waals surface area contributed by atoms with Crippen molar-refractivity contribution < 1.29 is 14.6 Å². The third-order valence-electron chi connectivity index (χ3n) is 4.65. The SMILES string of the molecule is C[C@H](O)[C@@H]1C(=O)N2[C@@H]1CCOC21CCCCC1. The van der Waals surface area contributed by atoms with Gasteiger partial charge in [0.25, 0.3) is 0 Å². The van der Waals surface area contributed by atoms with Crippen LogP contribution in [0.4, 0.5) is 0 Å². The summed E-state index contributed by atoms with van der Waals surface area (Å²) in [4.78, 5) is 14.1. The fraction of sp³-hybridized carbons (Fsp3) is 0.923. The number of carbonyl (C=O) groups excluding carboxylic acids is 1. The molecule has 0 bridgehead atoms. The monoisotopic (exact) mass is 239 g/mol. The van der Waals surface area contributed by atoms with E-state index in [0.29, 0.717) is 0 Å². The van der Waals surface area contributed by atoms with Gasteiger partial charge in [-0.1, -0.05) is 6.42 Å². The molecule has 1 spiro atoms. The zero-order valence-electron chi connectivity index (χ0n) is 10.4. The molecule has 1 aliphatic carbocycles.